The summed E-state index contributed by atoms with van der Waals surface area (Å²) in [5, 5.41) is 0. The van der Waals surface area contributed by atoms with E-state index >= 15 is 0 Å². The molecule has 3 fully saturated rings. The third-order valence-electron chi connectivity index (χ3n) is 4.56. The molecule has 0 N–H and O–H groups in total. The molecule has 0 aromatic heterocycles. The fraction of sp³-hybridized carbons (Fsp3) is 1.00. The van der Waals surface area contributed by atoms with E-state index in [1.165, 1.54) is 44.9 Å². The number of ether oxygens (including phenoxy) is 1. The maximum atomic E-state index is 6.25. The van der Waals surface area contributed by atoms with Crippen molar-refractivity contribution >= 4 is 0 Å². The Kier molecular flexibility index (Phi) is 3.39. The predicted octanol–water partition coefficient (Wildman–Crippen LogP) is 4.16. The minimum absolute atomic E-state index is 0.467. The van der Waals surface area contributed by atoms with E-state index in [1.54, 1.807) is 0 Å². The van der Waals surface area contributed by atoms with Gasteiger partial charge >= 0.3 is 0 Å². The number of hydrogen-bond acceptors (Lipinski definition) is 1. The lowest BCUT2D eigenvalue weighted by molar-refractivity contribution is -0.0878. The lowest BCUT2D eigenvalue weighted by Crippen LogP contribution is -2.35. The van der Waals surface area contributed by atoms with Crippen molar-refractivity contribution in [1.82, 2.24) is 0 Å². The molecule has 0 spiro atoms. The highest BCUT2D eigenvalue weighted by molar-refractivity contribution is 4.86. The first-order chi connectivity index (χ1) is 7.11. The van der Waals surface area contributed by atoms with Crippen LogP contribution >= 0.6 is 0 Å². The van der Waals surface area contributed by atoms with E-state index in [0.717, 1.165) is 5.92 Å². The van der Waals surface area contributed by atoms with Gasteiger partial charge in [-0.1, -0.05) is 33.6 Å². The molecule has 1 aliphatic carbocycles. The lowest BCUT2D eigenvalue weighted by Gasteiger charge is -2.37. The molecule has 0 amide bonds. The van der Waals surface area contributed by atoms with Crippen molar-refractivity contribution in [3.63, 3.8) is 0 Å². The van der Waals surface area contributed by atoms with Crippen LogP contribution < -0.4 is 0 Å². The van der Waals surface area contributed by atoms with Crippen LogP contribution in [0.4, 0.5) is 0 Å². The van der Waals surface area contributed by atoms with Gasteiger partial charge < -0.3 is 4.74 Å². The minimum Gasteiger partial charge on any atom is -0.375 e. The first-order valence-electron chi connectivity index (χ1n) is 6.76. The molecule has 2 heterocycles. The normalized spacial score (nSPS) is 36.6. The zero-order valence-corrected chi connectivity index (χ0v) is 10.6. The smallest absolute Gasteiger partial charge is 0.0612 e. The van der Waals surface area contributed by atoms with Gasteiger partial charge in [0, 0.05) is 0 Å². The van der Waals surface area contributed by atoms with Gasteiger partial charge in [0.2, 0.25) is 0 Å². The van der Waals surface area contributed by atoms with Gasteiger partial charge in [-0.05, 0) is 43.4 Å². The van der Waals surface area contributed by atoms with Crippen LogP contribution in [0, 0.1) is 11.3 Å². The van der Waals surface area contributed by atoms with Crippen LogP contribution in [0.2, 0.25) is 0 Å². The number of hydrogen-bond donors (Lipinski definition) is 0. The van der Waals surface area contributed by atoms with Crippen LogP contribution in [0.3, 0.4) is 0 Å². The van der Waals surface area contributed by atoms with E-state index in [0.29, 0.717) is 17.6 Å². The molecule has 3 rings (SSSR count). The quantitative estimate of drug-likeness (QED) is 0.679. The van der Waals surface area contributed by atoms with Crippen molar-refractivity contribution in [3.8, 4) is 0 Å². The third-order valence-corrected chi connectivity index (χ3v) is 4.56. The molecular formula is C14H26O. The zero-order chi connectivity index (χ0) is 10.9. The fourth-order valence-corrected chi connectivity index (χ4v) is 3.07. The van der Waals surface area contributed by atoms with E-state index in [-0.39, 0.29) is 0 Å². The van der Waals surface area contributed by atoms with Crippen molar-refractivity contribution in [2.75, 3.05) is 0 Å². The van der Waals surface area contributed by atoms with Gasteiger partial charge in [0.15, 0.2) is 0 Å². The van der Waals surface area contributed by atoms with E-state index in [1.807, 2.05) is 0 Å². The molecule has 0 aromatic carbocycles. The van der Waals surface area contributed by atoms with Crippen LogP contribution in [0.1, 0.15) is 65.7 Å². The third kappa shape index (κ3) is 2.75. The highest BCUT2D eigenvalue weighted by atomic mass is 16.5. The van der Waals surface area contributed by atoms with E-state index < -0.39 is 0 Å². The number of fused-ring (bicyclic) bond motifs is 4. The monoisotopic (exact) mass is 210 g/mol. The summed E-state index contributed by atoms with van der Waals surface area (Å²) in [5.74, 6) is 0.870. The lowest BCUT2D eigenvalue weighted by atomic mass is 9.78. The second kappa shape index (κ2) is 4.45. The van der Waals surface area contributed by atoms with Gasteiger partial charge in [0.1, 0.15) is 0 Å². The van der Waals surface area contributed by atoms with Crippen molar-refractivity contribution in [3.05, 3.63) is 0 Å². The van der Waals surface area contributed by atoms with Gasteiger partial charge in [0.05, 0.1) is 12.2 Å². The Balaban J connectivity index is 1.97. The molecule has 2 saturated heterocycles. The van der Waals surface area contributed by atoms with Crippen molar-refractivity contribution in [2.24, 2.45) is 11.3 Å². The van der Waals surface area contributed by atoms with Crippen LogP contribution in [-0.4, -0.2) is 12.2 Å². The molecule has 3 atom stereocenters. The molecule has 1 heteroatoms. The molecule has 3 unspecified atom stereocenters. The summed E-state index contributed by atoms with van der Waals surface area (Å²) >= 11 is 0. The standard InChI is InChI=1S/C14H26O/c1-4-14(2,3)10-13-11-6-5-7-12(15-13)9-8-11/h11-13H,4-10H2,1-3H3. The Bertz CT molecular complexity index is 205. The van der Waals surface area contributed by atoms with Crippen LogP contribution in [-0.2, 0) is 4.74 Å². The SMILES string of the molecule is CCC(C)(C)CC1OC2CCCC1CC2. The van der Waals surface area contributed by atoms with Gasteiger partial charge in [-0.2, -0.15) is 0 Å². The van der Waals surface area contributed by atoms with Crippen molar-refractivity contribution < 1.29 is 4.74 Å². The summed E-state index contributed by atoms with van der Waals surface area (Å²) in [6.07, 6.45) is 10.6. The average Bonchev–Trinajstić information content (AvgIpc) is 2.52. The zero-order valence-electron chi connectivity index (χ0n) is 10.6. The van der Waals surface area contributed by atoms with E-state index in [4.69, 9.17) is 4.74 Å². The first-order valence-corrected chi connectivity index (χ1v) is 6.76. The molecule has 15 heavy (non-hydrogen) atoms. The summed E-state index contributed by atoms with van der Waals surface area (Å²) in [6.45, 7) is 7.07. The van der Waals surface area contributed by atoms with Crippen LogP contribution in [0.25, 0.3) is 0 Å². The fourth-order valence-electron chi connectivity index (χ4n) is 3.07. The van der Waals surface area contributed by atoms with Gasteiger partial charge in [-0.3, -0.25) is 0 Å². The molecule has 0 aromatic rings. The molecule has 1 saturated carbocycles. The number of rotatable bonds is 3. The minimum atomic E-state index is 0.467. The topological polar surface area (TPSA) is 9.23 Å². The summed E-state index contributed by atoms with van der Waals surface area (Å²) < 4.78 is 6.25. The van der Waals surface area contributed by atoms with E-state index in [9.17, 15) is 0 Å². The van der Waals surface area contributed by atoms with Gasteiger partial charge in [-0.25, -0.2) is 0 Å². The second-order valence-corrected chi connectivity index (χ2v) is 6.29. The van der Waals surface area contributed by atoms with Gasteiger partial charge in [-0.15, -0.1) is 0 Å². The summed E-state index contributed by atoms with van der Waals surface area (Å²) in [5.41, 5.74) is 0.467. The molecule has 3 aliphatic rings. The van der Waals surface area contributed by atoms with Crippen LogP contribution in [0.5, 0.6) is 0 Å². The second-order valence-electron chi connectivity index (χ2n) is 6.29. The van der Waals surface area contributed by atoms with Crippen molar-refractivity contribution in [2.45, 2.75) is 77.9 Å². The maximum absolute atomic E-state index is 6.25. The molecule has 2 aliphatic heterocycles. The largest absolute Gasteiger partial charge is 0.375 e. The molecular weight excluding hydrogens is 184 g/mol. The highest BCUT2D eigenvalue weighted by Crippen LogP contribution is 2.40. The molecule has 2 bridgehead atoms. The molecule has 0 radical (unpaired) electrons. The molecule has 1 nitrogen and oxygen atoms in total. The predicted molar refractivity (Wildman–Crippen MR) is 63.9 cm³/mol. The Morgan fingerprint density at radius 3 is 2.67 bits per heavy atom. The summed E-state index contributed by atoms with van der Waals surface area (Å²) in [6, 6.07) is 0. The van der Waals surface area contributed by atoms with Crippen LogP contribution in [0.15, 0.2) is 0 Å². The summed E-state index contributed by atoms with van der Waals surface area (Å²) in [4.78, 5) is 0. The Hall–Kier alpha value is -0.0400. The summed E-state index contributed by atoms with van der Waals surface area (Å²) in [7, 11) is 0. The Labute approximate surface area is 94.6 Å². The average molecular weight is 210 g/mol. The maximum Gasteiger partial charge on any atom is 0.0612 e. The first kappa shape index (κ1) is 11.4. The highest BCUT2D eigenvalue weighted by Gasteiger charge is 2.36. The van der Waals surface area contributed by atoms with Crippen molar-refractivity contribution in [1.29, 1.82) is 0 Å². The Morgan fingerprint density at radius 1 is 1.13 bits per heavy atom. The van der Waals surface area contributed by atoms with Gasteiger partial charge in [0.25, 0.3) is 0 Å². The van der Waals surface area contributed by atoms with E-state index in [2.05, 4.69) is 20.8 Å². The molecule has 88 valence electrons. The Morgan fingerprint density at radius 2 is 1.93 bits per heavy atom.